The van der Waals surface area contributed by atoms with Gasteiger partial charge in [0.05, 0.1) is 17.7 Å². The topological polar surface area (TPSA) is 34.2 Å². The van der Waals surface area contributed by atoms with E-state index in [1.165, 1.54) is 16.0 Å². The number of fused-ring (bicyclic) bond motifs is 1. The molecule has 1 N–H and O–H groups in total. The molecule has 21 heavy (non-hydrogen) atoms. The van der Waals surface area contributed by atoms with Gasteiger partial charge < -0.3 is 10.1 Å². The van der Waals surface area contributed by atoms with Crippen LogP contribution in [0.4, 0.5) is 0 Å². The molecule has 2 aromatic rings. The van der Waals surface area contributed by atoms with Crippen molar-refractivity contribution < 1.29 is 4.74 Å². The molecule has 0 saturated heterocycles. The number of ether oxygens (including phenoxy) is 1. The molecule has 1 unspecified atom stereocenters. The van der Waals surface area contributed by atoms with Crippen LogP contribution in [0.5, 0.6) is 5.75 Å². The van der Waals surface area contributed by atoms with Crippen molar-refractivity contribution in [3.05, 3.63) is 45.4 Å². The molecule has 3 nitrogen and oxygen atoms in total. The molecule has 0 spiro atoms. The highest BCUT2D eigenvalue weighted by molar-refractivity contribution is 7.11. The number of thiazole rings is 1. The Labute approximate surface area is 130 Å². The molecule has 0 radical (unpaired) electrons. The number of aromatic nitrogens is 1. The van der Waals surface area contributed by atoms with E-state index in [0.29, 0.717) is 0 Å². The number of aryl methyl sites for hydroxylation is 2. The number of nitrogens with one attached hydrogen (secondary N) is 1. The van der Waals surface area contributed by atoms with E-state index >= 15 is 0 Å². The molecule has 2 heterocycles. The zero-order chi connectivity index (χ0) is 14.7. The molecule has 1 aromatic carbocycles. The summed E-state index contributed by atoms with van der Waals surface area (Å²) >= 11 is 1.76. The van der Waals surface area contributed by atoms with Crippen LogP contribution in [0, 0.1) is 6.92 Å². The second-order valence-electron chi connectivity index (χ2n) is 5.46. The molecule has 1 atom stereocenters. The number of benzene rings is 1. The number of para-hydroxylation sites is 1. The molecular formula is C17H22N2OS. The first kappa shape index (κ1) is 14.5. The summed E-state index contributed by atoms with van der Waals surface area (Å²) in [6.45, 7) is 6.07. The van der Waals surface area contributed by atoms with Gasteiger partial charge in [0.1, 0.15) is 5.75 Å². The van der Waals surface area contributed by atoms with Crippen molar-refractivity contribution >= 4 is 11.3 Å². The van der Waals surface area contributed by atoms with Crippen LogP contribution >= 0.6 is 11.3 Å². The van der Waals surface area contributed by atoms with E-state index in [2.05, 4.69) is 42.3 Å². The average molecular weight is 302 g/mol. The Morgan fingerprint density at radius 2 is 2.33 bits per heavy atom. The van der Waals surface area contributed by atoms with E-state index in [4.69, 9.17) is 4.74 Å². The number of hydrogen-bond acceptors (Lipinski definition) is 4. The van der Waals surface area contributed by atoms with Crippen molar-refractivity contribution in [1.82, 2.24) is 10.3 Å². The number of hydrogen-bond donors (Lipinski definition) is 1. The molecule has 1 aliphatic heterocycles. The molecule has 0 fully saturated rings. The van der Waals surface area contributed by atoms with Crippen LogP contribution in [0.25, 0.3) is 0 Å². The molecule has 112 valence electrons. The molecule has 0 aliphatic carbocycles. The van der Waals surface area contributed by atoms with Crippen LogP contribution in [-0.4, -0.2) is 18.1 Å². The van der Waals surface area contributed by atoms with Crippen molar-refractivity contribution in [2.24, 2.45) is 0 Å². The highest BCUT2D eigenvalue weighted by atomic mass is 32.1. The SMILES string of the molecule is CCCNC(c1cnc(C)s1)c1cccc2c1OCCC2. The largest absolute Gasteiger partial charge is 0.493 e. The Kier molecular flexibility index (Phi) is 4.56. The van der Waals surface area contributed by atoms with E-state index < -0.39 is 0 Å². The standard InChI is InChI=1S/C17H22N2OS/c1-3-9-18-16(15-11-19-12(2)21-15)14-8-4-6-13-7-5-10-20-17(13)14/h4,6,8,11,16,18H,3,5,7,9-10H2,1-2H3. The van der Waals surface area contributed by atoms with Gasteiger partial charge in [-0.3, -0.25) is 0 Å². The van der Waals surface area contributed by atoms with E-state index in [1.54, 1.807) is 11.3 Å². The molecule has 1 aliphatic rings. The van der Waals surface area contributed by atoms with Crippen LogP contribution in [0.15, 0.2) is 24.4 Å². The summed E-state index contributed by atoms with van der Waals surface area (Å²) in [5.74, 6) is 1.09. The Morgan fingerprint density at radius 3 is 3.10 bits per heavy atom. The molecule has 4 heteroatoms. The van der Waals surface area contributed by atoms with Crippen molar-refractivity contribution in [2.75, 3.05) is 13.2 Å². The smallest absolute Gasteiger partial charge is 0.127 e. The molecular weight excluding hydrogens is 280 g/mol. The third-order valence-corrected chi connectivity index (χ3v) is 4.77. The monoisotopic (exact) mass is 302 g/mol. The summed E-state index contributed by atoms with van der Waals surface area (Å²) < 4.78 is 5.99. The van der Waals surface area contributed by atoms with Crippen molar-refractivity contribution in [3.63, 3.8) is 0 Å². The molecule has 0 bridgehead atoms. The minimum absolute atomic E-state index is 0.184. The van der Waals surface area contributed by atoms with Gasteiger partial charge in [-0.05, 0) is 38.3 Å². The Bertz CT molecular complexity index is 609. The predicted molar refractivity (Wildman–Crippen MR) is 87.2 cm³/mol. The minimum Gasteiger partial charge on any atom is -0.493 e. The molecule has 1 aromatic heterocycles. The maximum Gasteiger partial charge on any atom is 0.127 e. The predicted octanol–water partition coefficient (Wildman–Crippen LogP) is 3.87. The zero-order valence-corrected chi connectivity index (χ0v) is 13.5. The van der Waals surface area contributed by atoms with Gasteiger partial charge in [-0.1, -0.05) is 25.1 Å². The Balaban J connectivity index is 2.00. The highest BCUT2D eigenvalue weighted by Crippen LogP contribution is 2.37. The van der Waals surface area contributed by atoms with Crippen molar-refractivity contribution in [2.45, 2.75) is 39.2 Å². The van der Waals surface area contributed by atoms with Crippen LogP contribution in [0.1, 0.15) is 46.8 Å². The second-order valence-corrected chi connectivity index (χ2v) is 6.72. The van der Waals surface area contributed by atoms with Gasteiger partial charge in [0.15, 0.2) is 0 Å². The maximum atomic E-state index is 5.99. The highest BCUT2D eigenvalue weighted by Gasteiger charge is 2.23. The van der Waals surface area contributed by atoms with Gasteiger partial charge in [0.2, 0.25) is 0 Å². The van der Waals surface area contributed by atoms with E-state index in [0.717, 1.165) is 43.2 Å². The first-order valence-corrected chi connectivity index (χ1v) is 8.51. The van der Waals surface area contributed by atoms with Gasteiger partial charge in [-0.25, -0.2) is 4.98 Å². The van der Waals surface area contributed by atoms with Gasteiger partial charge in [-0.2, -0.15) is 0 Å². The average Bonchev–Trinajstić information content (AvgIpc) is 2.94. The maximum absolute atomic E-state index is 5.99. The Morgan fingerprint density at radius 1 is 1.43 bits per heavy atom. The zero-order valence-electron chi connectivity index (χ0n) is 12.7. The molecule has 0 amide bonds. The van der Waals surface area contributed by atoms with Crippen molar-refractivity contribution in [1.29, 1.82) is 0 Å². The summed E-state index contributed by atoms with van der Waals surface area (Å²) in [7, 11) is 0. The number of nitrogens with zero attached hydrogens (tertiary/aromatic N) is 1. The van der Waals surface area contributed by atoms with Gasteiger partial charge in [-0.15, -0.1) is 11.3 Å². The summed E-state index contributed by atoms with van der Waals surface area (Å²) in [5.41, 5.74) is 2.59. The van der Waals surface area contributed by atoms with E-state index in [1.807, 2.05) is 6.20 Å². The lowest BCUT2D eigenvalue weighted by Crippen LogP contribution is -2.24. The summed E-state index contributed by atoms with van der Waals surface area (Å²) in [4.78, 5) is 5.69. The Hall–Kier alpha value is -1.39. The minimum atomic E-state index is 0.184. The summed E-state index contributed by atoms with van der Waals surface area (Å²) in [6, 6.07) is 6.71. The fourth-order valence-electron chi connectivity index (χ4n) is 2.81. The van der Waals surface area contributed by atoms with Gasteiger partial charge in [0.25, 0.3) is 0 Å². The van der Waals surface area contributed by atoms with Crippen LogP contribution < -0.4 is 10.1 Å². The second kappa shape index (κ2) is 6.58. The third-order valence-electron chi connectivity index (χ3n) is 3.80. The van der Waals surface area contributed by atoms with E-state index in [-0.39, 0.29) is 6.04 Å². The van der Waals surface area contributed by atoms with Crippen LogP contribution in [0.3, 0.4) is 0 Å². The lowest BCUT2D eigenvalue weighted by molar-refractivity contribution is 0.283. The summed E-state index contributed by atoms with van der Waals surface area (Å²) in [5, 5.41) is 4.77. The van der Waals surface area contributed by atoms with Crippen LogP contribution in [0.2, 0.25) is 0 Å². The molecule has 0 saturated carbocycles. The lowest BCUT2D eigenvalue weighted by atomic mass is 9.97. The number of rotatable bonds is 5. The fraction of sp³-hybridized carbons (Fsp3) is 0.471. The lowest BCUT2D eigenvalue weighted by Gasteiger charge is -2.25. The van der Waals surface area contributed by atoms with Gasteiger partial charge >= 0.3 is 0 Å². The van der Waals surface area contributed by atoms with Gasteiger partial charge in [0, 0.05) is 16.6 Å². The molecule has 3 rings (SSSR count). The fourth-order valence-corrected chi connectivity index (χ4v) is 3.69. The van der Waals surface area contributed by atoms with Crippen molar-refractivity contribution in [3.8, 4) is 5.75 Å². The summed E-state index contributed by atoms with van der Waals surface area (Å²) in [6.07, 6.45) is 5.34. The quantitative estimate of drug-likeness (QED) is 0.910. The third kappa shape index (κ3) is 3.11. The van der Waals surface area contributed by atoms with E-state index in [9.17, 15) is 0 Å². The first-order chi connectivity index (χ1) is 10.3. The first-order valence-electron chi connectivity index (χ1n) is 7.70. The normalized spacial score (nSPS) is 15.3. The van der Waals surface area contributed by atoms with Crippen LogP contribution in [-0.2, 0) is 6.42 Å².